The molecular formula is C21H27N3O3. The van der Waals surface area contributed by atoms with Crippen LogP contribution in [0.4, 0.5) is 0 Å². The van der Waals surface area contributed by atoms with Crippen LogP contribution in [0.1, 0.15) is 39.9 Å². The van der Waals surface area contributed by atoms with Gasteiger partial charge in [0.05, 0.1) is 6.61 Å². The highest BCUT2D eigenvalue weighted by Crippen LogP contribution is 2.26. The van der Waals surface area contributed by atoms with Crippen molar-refractivity contribution in [3.63, 3.8) is 0 Å². The van der Waals surface area contributed by atoms with Gasteiger partial charge in [-0.1, -0.05) is 12.1 Å². The lowest BCUT2D eigenvalue weighted by Gasteiger charge is -2.20. The molecule has 1 unspecified atom stereocenters. The van der Waals surface area contributed by atoms with Gasteiger partial charge in [-0.3, -0.25) is 4.79 Å². The van der Waals surface area contributed by atoms with Gasteiger partial charge in [-0.05, 0) is 58.1 Å². The van der Waals surface area contributed by atoms with Gasteiger partial charge in [0.1, 0.15) is 5.69 Å². The number of hydrogen-bond donors (Lipinski definition) is 1. The first-order chi connectivity index (χ1) is 12.9. The van der Waals surface area contributed by atoms with Gasteiger partial charge in [0.15, 0.2) is 0 Å². The number of ether oxygens (including phenoxy) is 1. The largest absolute Gasteiger partial charge is 0.461 e. The second-order valence-electron chi connectivity index (χ2n) is 7.18. The fraction of sp³-hybridized carbons (Fsp3) is 0.429. The zero-order chi connectivity index (χ0) is 19.6. The molecule has 0 saturated carbocycles. The quantitative estimate of drug-likeness (QED) is 0.823. The highest BCUT2D eigenvalue weighted by atomic mass is 16.5. The number of aromatic amines is 1. The SMILES string of the molecule is CCOC(=O)c1cc(-c2ccc(C(=O)N3CCC(N(C)C)C3)cc2)c(C)[nH]1. The molecule has 0 aliphatic carbocycles. The molecule has 1 saturated heterocycles. The van der Waals surface area contributed by atoms with Crippen LogP contribution in [0, 0.1) is 6.92 Å². The lowest BCUT2D eigenvalue weighted by molar-refractivity contribution is 0.0520. The van der Waals surface area contributed by atoms with Gasteiger partial charge < -0.3 is 19.5 Å². The molecule has 3 rings (SSSR count). The van der Waals surface area contributed by atoms with Crippen LogP contribution in [0.3, 0.4) is 0 Å². The highest BCUT2D eigenvalue weighted by molar-refractivity contribution is 5.95. The average molecular weight is 369 g/mol. The van der Waals surface area contributed by atoms with E-state index in [0.29, 0.717) is 23.9 Å². The number of nitrogens with zero attached hydrogens (tertiary/aromatic N) is 2. The fourth-order valence-corrected chi connectivity index (χ4v) is 3.50. The summed E-state index contributed by atoms with van der Waals surface area (Å²) in [6.45, 7) is 5.61. The minimum atomic E-state index is -0.358. The minimum Gasteiger partial charge on any atom is -0.461 e. The Labute approximate surface area is 160 Å². The number of likely N-dealkylation sites (N-methyl/N-ethyl adjacent to an activating group) is 1. The Hall–Kier alpha value is -2.60. The zero-order valence-corrected chi connectivity index (χ0v) is 16.4. The number of likely N-dealkylation sites (tertiary alicyclic amines) is 1. The van der Waals surface area contributed by atoms with Gasteiger partial charge in [0.2, 0.25) is 0 Å². The predicted octanol–water partition coefficient (Wildman–Crippen LogP) is 2.94. The van der Waals surface area contributed by atoms with E-state index < -0.39 is 0 Å². The molecule has 0 bridgehead atoms. The molecule has 1 aliphatic heterocycles. The summed E-state index contributed by atoms with van der Waals surface area (Å²) in [4.78, 5) is 31.8. The van der Waals surface area contributed by atoms with Crippen LogP contribution < -0.4 is 0 Å². The van der Waals surface area contributed by atoms with E-state index in [1.165, 1.54) is 0 Å². The van der Waals surface area contributed by atoms with Crippen molar-refractivity contribution in [1.29, 1.82) is 0 Å². The Morgan fingerprint density at radius 2 is 1.96 bits per heavy atom. The number of benzene rings is 1. The summed E-state index contributed by atoms with van der Waals surface area (Å²) in [6.07, 6.45) is 1.01. The number of carbonyl (C=O) groups excluding carboxylic acids is 2. The molecule has 1 aromatic carbocycles. The lowest BCUT2D eigenvalue weighted by Crippen LogP contribution is -2.34. The van der Waals surface area contributed by atoms with Crippen molar-refractivity contribution >= 4 is 11.9 Å². The third-order valence-corrected chi connectivity index (χ3v) is 5.13. The third-order valence-electron chi connectivity index (χ3n) is 5.13. The first kappa shape index (κ1) is 19.2. The molecule has 2 heterocycles. The van der Waals surface area contributed by atoms with Gasteiger partial charge in [0, 0.05) is 36.0 Å². The number of rotatable bonds is 5. The summed E-state index contributed by atoms with van der Waals surface area (Å²) >= 11 is 0. The average Bonchev–Trinajstić information content (AvgIpc) is 3.29. The van der Waals surface area contributed by atoms with E-state index in [2.05, 4.69) is 24.0 Å². The van der Waals surface area contributed by atoms with Gasteiger partial charge in [-0.2, -0.15) is 0 Å². The maximum atomic E-state index is 12.7. The summed E-state index contributed by atoms with van der Waals surface area (Å²) in [5.74, 6) is -0.285. The van der Waals surface area contributed by atoms with Gasteiger partial charge in [-0.25, -0.2) is 4.79 Å². The molecule has 6 heteroatoms. The maximum absolute atomic E-state index is 12.7. The minimum absolute atomic E-state index is 0.0731. The van der Waals surface area contributed by atoms with Crippen LogP contribution in [0.2, 0.25) is 0 Å². The van der Waals surface area contributed by atoms with E-state index in [1.54, 1.807) is 13.0 Å². The molecule has 1 atom stereocenters. The van der Waals surface area contributed by atoms with Crippen LogP contribution in [0.5, 0.6) is 0 Å². The third kappa shape index (κ3) is 4.06. The number of hydrogen-bond acceptors (Lipinski definition) is 4. The van der Waals surface area contributed by atoms with Crippen molar-refractivity contribution in [1.82, 2.24) is 14.8 Å². The Morgan fingerprint density at radius 3 is 2.56 bits per heavy atom. The van der Waals surface area contributed by atoms with Crippen LogP contribution in [-0.4, -0.2) is 66.5 Å². The molecule has 144 valence electrons. The molecule has 1 aliphatic rings. The number of H-pyrrole nitrogens is 1. The van der Waals surface area contributed by atoms with Crippen molar-refractivity contribution in [2.24, 2.45) is 0 Å². The second kappa shape index (κ2) is 7.96. The van der Waals surface area contributed by atoms with E-state index in [4.69, 9.17) is 4.74 Å². The first-order valence-electron chi connectivity index (χ1n) is 9.33. The summed E-state index contributed by atoms with van der Waals surface area (Å²) in [5, 5.41) is 0. The molecule has 1 amide bonds. The lowest BCUT2D eigenvalue weighted by atomic mass is 10.0. The van der Waals surface area contributed by atoms with E-state index >= 15 is 0 Å². The van der Waals surface area contributed by atoms with Crippen LogP contribution >= 0.6 is 0 Å². The molecule has 2 aromatic rings. The molecule has 0 radical (unpaired) electrons. The number of aryl methyl sites for hydroxylation is 1. The molecule has 27 heavy (non-hydrogen) atoms. The number of amides is 1. The summed E-state index contributed by atoms with van der Waals surface area (Å²) in [7, 11) is 4.11. The molecule has 1 fully saturated rings. The first-order valence-corrected chi connectivity index (χ1v) is 9.33. The second-order valence-corrected chi connectivity index (χ2v) is 7.18. The molecule has 1 aromatic heterocycles. The van der Waals surface area contributed by atoms with Crippen LogP contribution in [0.15, 0.2) is 30.3 Å². The van der Waals surface area contributed by atoms with Crippen LogP contribution in [0.25, 0.3) is 11.1 Å². The number of esters is 1. The smallest absolute Gasteiger partial charge is 0.354 e. The van der Waals surface area contributed by atoms with E-state index in [9.17, 15) is 9.59 Å². The Kier molecular flexibility index (Phi) is 5.65. The Bertz CT molecular complexity index is 824. The fourth-order valence-electron chi connectivity index (χ4n) is 3.50. The van der Waals surface area contributed by atoms with E-state index in [-0.39, 0.29) is 11.9 Å². The summed E-state index contributed by atoms with van der Waals surface area (Å²) in [5.41, 5.74) is 3.92. The zero-order valence-electron chi connectivity index (χ0n) is 16.4. The number of carbonyl (C=O) groups is 2. The molecule has 6 nitrogen and oxygen atoms in total. The molecule has 0 spiro atoms. The topological polar surface area (TPSA) is 65.6 Å². The monoisotopic (exact) mass is 369 g/mol. The van der Waals surface area contributed by atoms with Crippen molar-refractivity contribution in [3.05, 3.63) is 47.3 Å². The Balaban J connectivity index is 1.74. The Morgan fingerprint density at radius 1 is 1.26 bits per heavy atom. The molecule has 1 N–H and O–H groups in total. The summed E-state index contributed by atoms with van der Waals surface area (Å²) in [6, 6.07) is 9.80. The highest BCUT2D eigenvalue weighted by Gasteiger charge is 2.28. The van der Waals surface area contributed by atoms with Gasteiger partial charge >= 0.3 is 5.97 Å². The van der Waals surface area contributed by atoms with Gasteiger partial charge in [-0.15, -0.1) is 0 Å². The number of nitrogens with one attached hydrogen (secondary N) is 1. The van der Waals surface area contributed by atoms with Gasteiger partial charge in [0.25, 0.3) is 5.91 Å². The summed E-state index contributed by atoms with van der Waals surface area (Å²) < 4.78 is 5.04. The normalized spacial score (nSPS) is 16.8. The van der Waals surface area contributed by atoms with E-state index in [1.807, 2.05) is 36.1 Å². The van der Waals surface area contributed by atoms with E-state index in [0.717, 1.165) is 36.3 Å². The van der Waals surface area contributed by atoms with Crippen molar-refractivity contribution in [3.8, 4) is 11.1 Å². The van der Waals surface area contributed by atoms with Crippen molar-refractivity contribution in [2.75, 3.05) is 33.8 Å². The van der Waals surface area contributed by atoms with Crippen molar-refractivity contribution in [2.45, 2.75) is 26.3 Å². The molecular weight excluding hydrogens is 342 g/mol. The standard InChI is InChI=1S/C21H27N3O3/c1-5-27-21(26)19-12-18(14(2)22-19)15-6-8-16(9-7-15)20(25)24-11-10-17(13-24)23(3)4/h6-9,12,17,22H,5,10-11,13H2,1-4H3. The predicted molar refractivity (Wildman–Crippen MR) is 105 cm³/mol. The van der Waals surface area contributed by atoms with Crippen LogP contribution in [-0.2, 0) is 4.74 Å². The maximum Gasteiger partial charge on any atom is 0.354 e. The van der Waals surface area contributed by atoms with Crippen molar-refractivity contribution < 1.29 is 14.3 Å². The number of aromatic nitrogens is 1.